The molecule has 5 heteroatoms. The summed E-state index contributed by atoms with van der Waals surface area (Å²) in [7, 11) is 0. The van der Waals surface area contributed by atoms with Crippen LogP contribution in [0.2, 0.25) is 0 Å². The van der Waals surface area contributed by atoms with Crippen LogP contribution in [0.1, 0.15) is 32.1 Å². The molecular weight excluding hydrogens is 232 g/mol. The number of carbonyl (C=O) groups is 1. The van der Waals surface area contributed by atoms with Crippen LogP contribution in [0, 0.1) is 0 Å². The lowest BCUT2D eigenvalue weighted by Crippen LogP contribution is -2.38. The van der Waals surface area contributed by atoms with E-state index in [9.17, 15) is 4.79 Å². The van der Waals surface area contributed by atoms with Crippen molar-refractivity contribution in [2.45, 2.75) is 50.6 Å². The maximum Gasteiger partial charge on any atom is 0.308 e. The predicted molar refractivity (Wildman–Crippen MR) is 58.3 cm³/mol. The molecule has 0 aromatic rings. The Bertz CT molecular complexity index is 240. The number of hydrogen-bond acceptors (Lipinski definition) is 4. The second-order valence-corrected chi connectivity index (χ2v) is 4.57. The van der Waals surface area contributed by atoms with Gasteiger partial charge in [-0.15, -0.1) is 11.6 Å². The summed E-state index contributed by atoms with van der Waals surface area (Å²) < 4.78 is 16.3. The minimum absolute atomic E-state index is 0.104. The predicted octanol–water partition coefficient (Wildman–Crippen LogP) is 1.84. The van der Waals surface area contributed by atoms with Crippen molar-refractivity contribution in [3.05, 3.63) is 0 Å². The zero-order valence-electron chi connectivity index (χ0n) is 9.19. The van der Waals surface area contributed by atoms with Gasteiger partial charge < -0.3 is 14.2 Å². The van der Waals surface area contributed by atoms with Crippen LogP contribution in [0.3, 0.4) is 0 Å². The topological polar surface area (TPSA) is 44.8 Å². The van der Waals surface area contributed by atoms with Crippen molar-refractivity contribution >= 4 is 17.6 Å². The van der Waals surface area contributed by atoms with Crippen molar-refractivity contribution in [1.82, 2.24) is 0 Å². The molecule has 2 saturated heterocycles. The number of rotatable bonds is 3. The van der Waals surface area contributed by atoms with Crippen molar-refractivity contribution in [3.8, 4) is 0 Å². The molecule has 0 spiro atoms. The molecule has 0 saturated carbocycles. The third-order valence-electron chi connectivity index (χ3n) is 2.87. The van der Waals surface area contributed by atoms with Crippen LogP contribution in [0.4, 0.5) is 0 Å². The first-order valence-electron chi connectivity index (χ1n) is 5.80. The minimum Gasteiger partial charge on any atom is -0.461 e. The van der Waals surface area contributed by atoms with Gasteiger partial charge in [-0.3, -0.25) is 4.79 Å². The summed E-state index contributed by atoms with van der Waals surface area (Å²) in [6.45, 7) is 0.751. The zero-order chi connectivity index (χ0) is 11.4. The first-order chi connectivity index (χ1) is 7.78. The normalized spacial score (nSPS) is 35.8. The van der Waals surface area contributed by atoms with Crippen molar-refractivity contribution < 1.29 is 19.0 Å². The molecule has 0 bridgehead atoms. The number of carbonyl (C=O) groups excluding carboxylic acids is 1. The number of alkyl halides is 1. The first kappa shape index (κ1) is 12.1. The van der Waals surface area contributed by atoms with Crippen LogP contribution in [-0.2, 0) is 19.0 Å². The molecule has 4 nitrogen and oxygen atoms in total. The van der Waals surface area contributed by atoms with Crippen molar-refractivity contribution in [2.75, 3.05) is 12.5 Å². The Labute approximate surface area is 100 Å². The summed E-state index contributed by atoms with van der Waals surface area (Å²) in [5.74, 6) is 0.106. The van der Waals surface area contributed by atoms with E-state index in [0.717, 1.165) is 25.9 Å². The van der Waals surface area contributed by atoms with E-state index in [1.165, 1.54) is 0 Å². The fourth-order valence-corrected chi connectivity index (χ4v) is 2.26. The van der Waals surface area contributed by atoms with Gasteiger partial charge in [-0.05, 0) is 19.3 Å². The number of ether oxygens (including phenoxy) is 3. The summed E-state index contributed by atoms with van der Waals surface area (Å²) >= 11 is 5.69. The highest BCUT2D eigenvalue weighted by molar-refractivity contribution is 6.18. The Morgan fingerprint density at radius 3 is 3.00 bits per heavy atom. The van der Waals surface area contributed by atoms with Gasteiger partial charge in [0, 0.05) is 13.0 Å². The van der Waals surface area contributed by atoms with Crippen LogP contribution in [0.5, 0.6) is 0 Å². The maximum atomic E-state index is 11.3. The Morgan fingerprint density at radius 2 is 2.31 bits per heavy atom. The van der Waals surface area contributed by atoms with E-state index < -0.39 is 0 Å². The van der Waals surface area contributed by atoms with Crippen molar-refractivity contribution in [1.29, 1.82) is 0 Å². The third-order valence-corrected chi connectivity index (χ3v) is 3.22. The van der Waals surface area contributed by atoms with E-state index in [1.54, 1.807) is 0 Å². The van der Waals surface area contributed by atoms with Gasteiger partial charge in [-0.1, -0.05) is 0 Å². The van der Waals surface area contributed by atoms with Gasteiger partial charge in [0.1, 0.15) is 6.10 Å². The maximum absolute atomic E-state index is 11.3. The van der Waals surface area contributed by atoms with Gasteiger partial charge in [0.2, 0.25) is 0 Å². The molecule has 92 valence electrons. The molecule has 0 amide bonds. The molecule has 0 aromatic carbocycles. The van der Waals surface area contributed by atoms with E-state index in [0.29, 0.717) is 18.7 Å². The molecule has 2 rings (SSSR count). The van der Waals surface area contributed by atoms with E-state index in [1.807, 2.05) is 0 Å². The summed E-state index contributed by atoms with van der Waals surface area (Å²) in [5, 5.41) is 0. The second kappa shape index (κ2) is 5.84. The summed E-state index contributed by atoms with van der Waals surface area (Å²) in [4.78, 5) is 11.3. The van der Waals surface area contributed by atoms with Crippen LogP contribution < -0.4 is 0 Å². The standard InChI is InChI=1S/C11H17ClO4/c12-7-9-5-8(6-10(13)15-9)16-11-3-1-2-4-14-11/h8-9,11H,1-7H2/t8-,9+,11?/m1/s1. The molecule has 0 N–H and O–H groups in total. The molecular formula is C11H17ClO4. The van der Waals surface area contributed by atoms with Gasteiger partial charge in [0.15, 0.2) is 6.29 Å². The molecule has 0 aromatic heterocycles. The largest absolute Gasteiger partial charge is 0.461 e. The third kappa shape index (κ3) is 3.34. The lowest BCUT2D eigenvalue weighted by Gasteiger charge is -2.32. The van der Waals surface area contributed by atoms with E-state index in [-0.39, 0.29) is 24.5 Å². The van der Waals surface area contributed by atoms with E-state index in [4.69, 9.17) is 25.8 Å². The SMILES string of the molecule is O=C1C[C@H](OC2CCCCO2)C[C@@H](CCl)O1. The quantitative estimate of drug-likeness (QED) is 0.565. The van der Waals surface area contributed by atoms with Gasteiger partial charge in [0.05, 0.1) is 18.4 Å². The number of hydrogen-bond donors (Lipinski definition) is 0. The highest BCUT2D eigenvalue weighted by atomic mass is 35.5. The number of halogens is 1. The highest BCUT2D eigenvalue weighted by Crippen LogP contribution is 2.23. The summed E-state index contributed by atoms with van der Waals surface area (Å²) in [6, 6.07) is 0. The number of cyclic esters (lactones) is 1. The van der Waals surface area contributed by atoms with Gasteiger partial charge >= 0.3 is 5.97 Å². The van der Waals surface area contributed by atoms with E-state index in [2.05, 4.69) is 0 Å². The summed E-state index contributed by atoms with van der Waals surface area (Å²) in [5.41, 5.74) is 0. The fraction of sp³-hybridized carbons (Fsp3) is 0.909. The number of esters is 1. The average Bonchev–Trinajstić information content (AvgIpc) is 2.29. The van der Waals surface area contributed by atoms with Crippen LogP contribution in [0.15, 0.2) is 0 Å². The Kier molecular flexibility index (Phi) is 4.44. The summed E-state index contributed by atoms with van der Waals surface area (Å²) in [6.07, 6.45) is 3.65. The molecule has 2 aliphatic rings. The molecule has 0 radical (unpaired) electrons. The molecule has 1 unspecified atom stereocenters. The van der Waals surface area contributed by atoms with Crippen LogP contribution in [0.25, 0.3) is 0 Å². The highest BCUT2D eigenvalue weighted by Gasteiger charge is 2.31. The van der Waals surface area contributed by atoms with Gasteiger partial charge in [-0.25, -0.2) is 0 Å². The lowest BCUT2D eigenvalue weighted by molar-refractivity contribution is -0.207. The van der Waals surface area contributed by atoms with Gasteiger partial charge in [0.25, 0.3) is 0 Å². The average molecular weight is 249 g/mol. The van der Waals surface area contributed by atoms with Crippen molar-refractivity contribution in [2.24, 2.45) is 0 Å². The van der Waals surface area contributed by atoms with Gasteiger partial charge in [-0.2, -0.15) is 0 Å². The molecule has 2 fully saturated rings. The Hall–Kier alpha value is -0.320. The first-order valence-corrected chi connectivity index (χ1v) is 6.34. The zero-order valence-corrected chi connectivity index (χ0v) is 9.95. The Balaban J connectivity index is 1.81. The lowest BCUT2D eigenvalue weighted by atomic mass is 10.1. The Morgan fingerprint density at radius 1 is 1.44 bits per heavy atom. The van der Waals surface area contributed by atoms with Crippen molar-refractivity contribution in [3.63, 3.8) is 0 Å². The van der Waals surface area contributed by atoms with Crippen LogP contribution in [-0.4, -0.2) is 37.0 Å². The molecule has 16 heavy (non-hydrogen) atoms. The molecule has 2 aliphatic heterocycles. The van der Waals surface area contributed by atoms with E-state index >= 15 is 0 Å². The fourth-order valence-electron chi connectivity index (χ4n) is 2.08. The van der Waals surface area contributed by atoms with Crippen LogP contribution >= 0.6 is 11.6 Å². The molecule has 2 heterocycles. The smallest absolute Gasteiger partial charge is 0.308 e. The minimum atomic E-state index is -0.224. The second-order valence-electron chi connectivity index (χ2n) is 4.26. The monoisotopic (exact) mass is 248 g/mol. The molecule has 0 aliphatic carbocycles. The molecule has 3 atom stereocenters.